The van der Waals surface area contributed by atoms with E-state index in [0.717, 1.165) is 22.0 Å². The Balaban J connectivity index is 2.29. The third-order valence-electron chi connectivity index (χ3n) is 2.83. The summed E-state index contributed by atoms with van der Waals surface area (Å²) in [6.07, 6.45) is 0. The molecule has 0 aliphatic heterocycles. The zero-order chi connectivity index (χ0) is 14.2. The number of hydrogen-bond acceptors (Lipinski definition) is 4. The van der Waals surface area contributed by atoms with E-state index in [1.54, 1.807) is 17.4 Å². The number of aryl methyl sites for hydroxylation is 3. The van der Waals surface area contributed by atoms with E-state index < -0.39 is 0 Å². The van der Waals surface area contributed by atoms with Crippen LogP contribution in [0.2, 0.25) is 10.3 Å². The summed E-state index contributed by atoms with van der Waals surface area (Å²) in [5, 5.41) is 5.27. The number of halogens is 2. The normalized spacial score (nSPS) is 12.5. The Morgan fingerprint density at radius 2 is 1.89 bits per heavy atom. The highest BCUT2D eigenvalue weighted by molar-refractivity contribution is 7.11. The maximum absolute atomic E-state index is 6.14. The second kappa shape index (κ2) is 5.65. The van der Waals surface area contributed by atoms with Crippen LogP contribution in [0.4, 0.5) is 5.69 Å². The number of nitrogens with one attached hydrogen (secondary N) is 1. The lowest BCUT2D eigenvalue weighted by atomic mass is 10.2. The van der Waals surface area contributed by atoms with Crippen molar-refractivity contribution in [3.8, 4) is 0 Å². The fourth-order valence-electron chi connectivity index (χ4n) is 2.00. The first-order chi connectivity index (χ1) is 8.88. The minimum atomic E-state index is 0.130. The number of aromatic nitrogens is 2. The van der Waals surface area contributed by atoms with Gasteiger partial charge in [-0.15, -0.1) is 11.3 Å². The molecule has 0 spiro atoms. The van der Waals surface area contributed by atoms with Crippen molar-refractivity contribution in [1.82, 2.24) is 9.97 Å². The molecular weight excluding hydrogens is 301 g/mol. The van der Waals surface area contributed by atoms with Gasteiger partial charge >= 0.3 is 0 Å². The van der Waals surface area contributed by atoms with E-state index in [9.17, 15) is 0 Å². The Labute approximate surface area is 127 Å². The van der Waals surface area contributed by atoms with Crippen molar-refractivity contribution in [2.45, 2.75) is 33.7 Å². The van der Waals surface area contributed by atoms with Gasteiger partial charge in [0.1, 0.15) is 5.15 Å². The van der Waals surface area contributed by atoms with Crippen LogP contribution in [0.3, 0.4) is 0 Å². The third-order valence-corrected chi connectivity index (χ3v) is 4.56. The summed E-state index contributed by atoms with van der Waals surface area (Å²) >= 11 is 13.7. The number of rotatable bonds is 3. The summed E-state index contributed by atoms with van der Waals surface area (Å²) < 4.78 is 0. The number of hydrogen-bond donors (Lipinski definition) is 1. The van der Waals surface area contributed by atoms with Crippen molar-refractivity contribution in [2.75, 3.05) is 5.32 Å². The van der Waals surface area contributed by atoms with Gasteiger partial charge < -0.3 is 5.32 Å². The Morgan fingerprint density at radius 3 is 2.42 bits per heavy atom. The zero-order valence-electron chi connectivity index (χ0n) is 11.2. The van der Waals surface area contributed by atoms with Gasteiger partial charge in [0, 0.05) is 4.88 Å². The Bertz CT molecular complexity index is 587. The van der Waals surface area contributed by atoms with Crippen LogP contribution in [0.25, 0.3) is 0 Å². The van der Waals surface area contributed by atoms with Gasteiger partial charge in [-0.3, -0.25) is 0 Å². The third kappa shape index (κ3) is 3.19. The quantitative estimate of drug-likeness (QED) is 0.815. The summed E-state index contributed by atoms with van der Waals surface area (Å²) in [6, 6.07) is 1.93. The van der Waals surface area contributed by atoms with E-state index in [2.05, 4.69) is 22.2 Å². The molecule has 0 aromatic carbocycles. The number of anilines is 1. The van der Waals surface area contributed by atoms with Gasteiger partial charge in [-0.25, -0.2) is 9.97 Å². The molecule has 2 aromatic heterocycles. The average Bonchev–Trinajstić information content (AvgIpc) is 2.62. The molecular formula is C13H15Cl2N3S. The van der Waals surface area contributed by atoms with Crippen LogP contribution in [0.5, 0.6) is 0 Å². The molecule has 2 aromatic rings. The number of nitrogens with zero attached hydrogens (tertiary/aromatic N) is 2. The Hall–Kier alpha value is -0.840. The lowest BCUT2D eigenvalue weighted by Gasteiger charge is -2.17. The molecule has 1 unspecified atom stereocenters. The van der Waals surface area contributed by atoms with Crippen LogP contribution in [-0.4, -0.2) is 9.97 Å². The lowest BCUT2D eigenvalue weighted by Crippen LogP contribution is -2.08. The molecule has 19 heavy (non-hydrogen) atoms. The van der Waals surface area contributed by atoms with Crippen LogP contribution in [-0.2, 0) is 0 Å². The highest BCUT2D eigenvalue weighted by atomic mass is 35.5. The standard InChI is InChI=1S/C13H15Cl2N3S/c1-6-5-10(14)18-13(15)11(6)17-8(3)12-7(2)16-9(4)19-12/h5,8,17H,1-4H3. The minimum absolute atomic E-state index is 0.130. The number of thiazole rings is 1. The van der Waals surface area contributed by atoms with E-state index in [4.69, 9.17) is 23.2 Å². The molecule has 0 bridgehead atoms. The number of pyridine rings is 1. The van der Waals surface area contributed by atoms with E-state index in [1.165, 1.54) is 4.88 Å². The second-order valence-corrected chi connectivity index (χ2v) is 6.46. The minimum Gasteiger partial charge on any atom is -0.375 e. The molecule has 0 saturated carbocycles. The first-order valence-corrected chi connectivity index (χ1v) is 7.49. The van der Waals surface area contributed by atoms with Crippen LogP contribution in [0.15, 0.2) is 6.07 Å². The molecule has 102 valence electrons. The van der Waals surface area contributed by atoms with Gasteiger partial charge in [-0.2, -0.15) is 0 Å². The van der Waals surface area contributed by atoms with Gasteiger partial charge in [0.25, 0.3) is 0 Å². The van der Waals surface area contributed by atoms with E-state index in [1.807, 2.05) is 20.8 Å². The maximum atomic E-state index is 6.14. The summed E-state index contributed by atoms with van der Waals surface area (Å²) in [7, 11) is 0. The first-order valence-electron chi connectivity index (χ1n) is 5.91. The highest BCUT2D eigenvalue weighted by Crippen LogP contribution is 2.32. The largest absolute Gasteiger partial charge is 0.375 e. The molecule has 1 atom stereocenters. The molecule has 6 heteroatoms. The first kappa shape index (κ1) is 14.6. The van der Waals surface area contributed by atoms with E-state index in [0.29, 0.717) is 10.3 Å². The summed E-state index contributed by atoms with van der Waals surface area (Å²) in [5.41, 5.74) is 2.86. The Kier molecular flexibility index (Phi) is 4.33. The summed E-state index contributed by atoms with van der Waals surface area (Å²) in [5.74, 6) is 0. The van der Waals surface area contributed by atoms with Gasteiger partial charge in [-0.1, -0.05) is 23.2 Å². The zero-order valence-corrected chi connectivity index (χ0v) is 13.5. The molecule has 3 nitrogen and oxygen atoms in total. The molecule has 0 saturated heterocycles. The van der Waals surface area contributed by atoms with Crippen LogP contribution >= 0.6 is 34.5 Å². The van der Waals surface area contributed by atoms with Gasteiger partial charge in [-0.05, 0) is 39.3 Å². The molecule has 0 radical (unpaired) electrons. The highest BCUT2D eigenvalue weighted by Gasteiger charge is 2.16. The predicted octanol–water partition coefficient (Wildman–Crippen LogP) is 4.94. The van der Waals surface area contributed by atoms with Gasteiger partial charge in [0.15, 0.2) is 5.15 Å². The SMILES string of the molecule is Cc1nc(C)c(C(C)Nc2c(C)cc(Cl)nc2Cl)s1. The van der Waals surface area contributed by atoms with Crippen molar-refractivity contribution in [1.29, 1.82) is 0 Å². The predicted molar refractivity (Wildman–Crippen MR) is 82.6 cm³/mol. The molecule has 1 N–H and O–H groups in total. The summed E-state index contributed by atoms with van der Waals surface area (Å²) in [6.45, 7) is 8.07. The molecule has 0 aliphatic carbocycles. The monoisotopic (exact) mass is 315 g/mol. The van der Waals surface area contributed by atoms with Crippen molar-refractivity contribution in [3.63, 3.8) is 0 Å². The topological polar surface area (TPSA) is 37.8 Å². The summed E-state index contributed by atoms with van der Waals surface area (Å²) in [4.78, 5) is 9.72. The van der Waals surface area contributed by atoms with Gasteiger partial charge in [0.05, 0.1) is 22.4 Å². The fourth-order valence-corrected chi connectivity index (χ4v) is 3.52. The Morgan fingerprint density at radius 1 is 1.21 bits per heavy atom. The van der Waals surface area contributed by atoms with Crippen molar-refractivity contribution < 1.29 is 0 Å². The van der Waals surface area contributed by atoms with Crippen molar-refractivity contribution >= 4 is 40.2 Å². The van der Waals surface area contributed by atoms with E-state index >= 15 is 0 Å². The van der Waals surface area contributed by atoms with Crippen LogP contribution < -0.4 is 5.32 Å². The van der Waals surface area contributed by atoms with Gasteiger partial charge in [0.2, 0.25) is 0 Å². The molecule has 2 rings (SSSR count). The second-order valence-electron chi connectivity index (χ2n) is 4.48. The molecule has 0 aliphatic rings. The van der Waals surface area contributed by atoms with Crippen molar-refractivity contribution in [3.05, 3.63) is 37.5 Å². The fraction of sp³-hybridized carbons (Fsp3) is 0.385. The maximum Gasteiger partial charge on any atom is 0.154 e. The van der Waals surface area contributed by atoms with Crippen LogP contribution in [0, 0.1) is 20.8 Å². The molecule has 0 fully saturated rings. The van der Waals surface area contributed by atoms with Crippen molar-refractivity contribution in [2.24, 2.45) is 0 Å². The average molecular weight is 316 g/mol. The molecule has 0 amide bonds. The van der Waals surface area contributed by atoms with Crippen LogP contribution in [0.1, 0.15) is 34.1 Å². The lowest BCUT2D eigenvalue weighted by molar-refractivity contribution is 0.885. The van der Waals surface area contributed by atoms with E-state index in [-0.39, 0.29) is 6.04 Å². The molecule has 2 heterocycles. The smallest absolute Gasteiger partial charge is 0.154 e.